The van der Waals surface area contributed by atoms with Gasteiger partial charge in [0, 0.05) is 18.6 Å². The van der Waals surface area contributed by atoms with Crippen molar-refractivity contribution in [3.8, 4) is 0 Å². The fraction of sp³-hybridized carbons (Fsp3) is 0.417. The van der Waals surface area contributed by atoms with Crippen LogP contribution in [0.3, 0.4) is 0 Å². The summed E-state index contributed by atoms with van der Waals surface area (Å²) < 4.78 is 6.74. The van der Waals surface area contributed by atoms with Crippen LogP contribution in [0.5, 0.6) is 0 Å². The first-order chi connectivity index (χ1) is 8.65. The zero-order chi connectivity index (χ0) is 12.7. The third-order valence-electron chi connectivity index (χ3n) is 3.10. The van der Waals surface area contributed by atoms with Gasteiger partial charge in [0.25, 0.3) is 5.91 Å². The molecule has 0 aliphatic carbocycles. The van der Waals surface area contributed by atoms with Crippen LogP contribution in [0.1, 0.15) is 16.1 Å². The van der Waals surface area contributed by atoms with Gasteiger partial charge in [0.2, 0.25) is 0 Å². The van der Waals surface area contributed by atoms with Crippen molar-refractivity contribution in [3.63, 3.8) is 0 Å². The summed E-state index contributed by atoms with van der Waals surface area (Å²) in [5.41, 5.74) is 2.23. The molecule has 0 spiro atoms. The normalized spacial score (nSPS) is 15.7. The van der Waals surface area contributed by atoms with Gasteiger partial charge in [-0.05, 0) is 13.0 Å². The Morgan fingerprint density at radius 3 is 3.00 bits per heavy atom. The van der Waals surface area contributed by atoms with Crippen LogP contribution in [0.2, 0.25) is 0 Å². The molecule has 2 aromatic rings. The highest BCUT2D eigenvalue weighted by atomic mass is 16.5. The first-order valence-corrected chi connectivity index (χ1v) is 5.83. The minimum Gasteiger partial charge on any atom is -0.377 e. The molecular formula is C12H14N4O2. The molecule has 1 aliphatic heterocycles. The highest BCUT2D eigenvalue weighted by Gasteiger charge is 2.21. The molecule has 1 aliphatic rings. The molecule has 0 aromatic carbocycles. The van der Waals surface area contributed by atoms with E-state index in [2.05, 4.69) is 15.4 Å². The number of carbonyl (C=O) groups is 1. The number of pyridine rings is 1. The summed E-state index contributed by atoms with van der Waals surface area (Å²) in [5, 5.41) is 8.09. The Hall–Kier alpha value is -1.95. The summed E-state index contributed by atoms with van der Waals surface area (Å²) in [6, 6.07) is 1.96. The summed E-state index contributed by atoms with van der Waals surface area (Å²) >= 11 is 0. The first kappa shape index (κ1) is 11.2. The van der Waals surface area contributed by atoms with Crippen LogP contribution in [0.25, 0.3) is 11.0 Å². The van der Waals surface area contributed by atoms with E-state index in [1.807, 2.05) is 20.0 Å². The highest BCUT2D eigenvalue weighted by Crippen LogP contribution is 2.16. The molecule has 2 aromatic heterocycles. The number of nitrogens with zero attached hydrogens (tertiary/aromatic N) is 3. The van der Waals surface area contributed by atoms with Crippen LogP contribution in [0.4, 0.5) is 0 Å². The standard InChI is InChI=1S/C12H14N4O2/c1-7-10-3-8(4-13-11(10)16(2)15-7)12(17)14-9-5-18-6-9/h3-4,9H,5-6H2,1-2H3,(H,14,17). The van der Waals surface area contributed by atoms with Crippen LogP contribution >= 0.6 is 0 Å². The maximum atomic E-state index is 12.0. The lowest BCUT2D eigenvalue weighted by molar-refractivity contribution is -0.00346. The molecule has 18 heavy (non-hydrogen) atoms. The molecule has 0 radical (unpaired) electrons. The average Bonchev–Trinajstić information content (AvgIpc) is 2.59. The Labute approximate surface area is 104 Å². The van der Waals surface area contributed by atoms with Crippen molar-refractivity contribution in [2.75, 3.05) is 13.2 Å². The van der Waals surface area contributed by atoms with Crippen molar-refractivity contribution in [1.29, 1.82) is 0 Å². The van der Waals surface area contributed by atoms with E-state index >= 15 is 0 Å². The molecular weight excluding hydrogens is 232 g/mol. The molecule has 0 unspecified atom stereocenters. The van der Waals surface area contributed by atoms with E-state index in [0.29, 0.717) is 18.8 Å². The lowest BCUT2D eigenvalue weighted by atomic mass is 10.2. The Kier molecular flexibility index (Phi) is 2.52. The third kappa shape index (κ3) is 1.74. The molecule has 3 rings (SSSR count). The summed E-state index contributed by atoms with van der Waals surface area (Å²) in [6.07, 6.45) is 1.58. The summed E-state index contributed by atoms with van der Waals surface area (Å²) in [5.74, 6) is -0.110. The van der Waals surface area contributed by atoms with Gasteiger partial charge in [-0.2, -0.15) is 5.10 Å². The second kappa shape index (κ2) is 4.06. The van der Waals surface area contributed by atoms with Crippen molar-refractivity contribution < 1.29 is 9.53 Å². The van der Waals surface area contributed by atoms with Crippen molar-refractivity contribution in [2.45, 2.75) is 13.0 Å². The van der Waals surface area contributed by atoms with E-state index in [1.54, 1.807) is 10.9 Å². The Balaban J connectivity index is 1.92. The van der Waals surface area contributed by atoms with Crippen molar-refractivity contribution in [2.24, 2.45) is 7.05 Å². The van der Waals surface area contributed by atoms with Crippen LogP contribution < -0.4 is 5.32 Å². The number of carbonyl (C=O) groups excluding carboxylic acids is 1. The van der Waals surface area contributed by atoms with Crippen LogP contribution in [0, 0.1) is 6.92 Å². The molecule has 1 saturated heterocycles. The molecule has 6 nitrogen and oxygen atoms in total. The molecule has 0 bridgehead atoms. The van der Waals surface area contributed by atoms with E-state index in [0.717, 1.165) is 16.7 Å². The molecule has 0 saturated carbocycles. The summed E-state index contributed by atoms with van der Waals surface area (Å²) in [6.45, 7) is 3.09. The zero-order valence-corrected chi connectivity index (χ0v) is 10.3. The number of rotatable bonds is 2. The van der Waals surface area contributed by atoms with E-state index in [1.165, 1.54) is 0 Å². The molecule has 6 heteroatoms. The maximum Gasteiger partial charge on any atom is 0.253 e. The van der Waals surface area contributed by atoms with Crippen molar-refractivity contribution in [1.82, 2.24) is 20.1 Å². The van der Waals surface area contributed by atoms with Gasteiger partial charge in [-0.1, -0.05) is 0 Å². The topological polar surface area (TPSA) is 69.0 Å². The monoisotopic (exact) mass is 246 g/mol. The summed E-state index contributed by atoms with van der Waals surface area (Å²) in [7, 11) is 1.84. The number of fused-ring (bicyclic) bond motifs is 1. The largest absolute Gasteiger partial charge is 0.377 e. The molecule has 94 valence electrons. The van der Waals surface area contributed by atoms with Gasteiger partial charge in [-0.15, -0.1) is 0 Å². The minimum atomic E-state index is -0.110. The Morgan fingerprint density at radius 1 is 1.56 bits per heavy atom. The van der Waals surface area contributed by atoms with E-state index in [9.17, 15) is 4.79 Å². The fourth-order valence-electron chi connectivity index (χ4n) is 2.02. The predicted octanol–water partition coefficient (Wildman–Crippen LogP) is 0.405. The van der Waals surface area contributed by atoms with E-state index < -0.39 is 0 Å². The van der Waals surface area contributed by atoms with Crippen LogP contribution in [0.15, 0.2) is 12.3 Å². The lowest BCUT2D eigenvalue weighted by Crippen LogP contribution is -2.48. The molecule has 0 atom stereocenters. The first-order valence-electron chi connectivity index (χ1n) is 5.83. The van der Waals surface area contributed by atoms with Crippen molar-refractivity contribution >= 4 is 16.9 Å². The second-order valence-electron chi connectivity index (χ2n) is 4.51. The van der Waals surface area contributed by atoms with Crippen molar-refractivity contribution in [3.05, 3.63) is 23.5 Å². The quantitative estimate of drug-likeness (QED) is 0.833. The molecule has 1 amide bonds. The van der Waals surface area contributed by atoms with Crippen LogP contribution in [-0.4, -0.2) is 39.9 Å². The predicted molar refractivity (Wildman–Crippen MR) is 65.3 cm³/mol. The van der Waals surface area contributed by atoms with Gasteiger partial charge >= 0.3 is 0 Å². The van der Waals surface area contributed by atoms with Gasteiger partial charge in [0.1, 0.15) is 0 Å². The lowest BCUT2D eigenvalue weighted by Gasteiger charge is -2.26. The third-order valence-corrected chi connectivity index (χ3v) is 3.10. The average molecular weight is 246 g/mol. The Bertz CT molecular complexity index is 616. The van der Waals surface area contributed by atoms with E-state index in [-0.39, 0.29) is 11.9 Å². The highest BCUT2D eigenvalue weighted by molar-refractivity contribution is 5.97. The smallest absolute Gasteiger partial charge is 0.253 e. The number of ether oxygens (including phenoxy) is 1. The molecule has 3 heterocycles. The van der Waals surface area contributed by atoms with Crippen LogP contribution in [-0.2, 0) is 11.8 Å². The van der Waals surface area contributed by atoms with Gasteiger partial charge < -0.3 is 10.1 Å². The number of amides is 1. The number of aryl methyl sites for hydroxylation is 2. The maximum absolute atomic E-state index is 12.0. The second-order valence-corrected chi connectivity index (χ2v) is 4.51. The van der Waals surface area contributed by atoms with Gasteiger partial charge in [-0.25, -0.2) is 4.98 Å². The van der Waals surface area contributed by atoms with Gasteiger partial charge in [0.15, 0.2) is 5.65 Å². The Morgan fingerprint density at radius 2 is 2.33 bits per heavy atom. The zero-order valence-electron chi connectivity index (χ0n) is 10.3. The number of nitrogens with one attached hydrogen (secondary N) is 1. The SMILES string of the molecule is Cc1nn(C)c2ncc(C(=O)NC3COC3)cc12. The fourth-order valence-corrected chi connectivity index (χ4v) is 2.02. The van der Waals surface area contributed by atoms with E-state index in [4.69, 9.17) is 4.74 Å². The molecule has 1 fully saturated rings. The number of hydrogen-bond acceptors (Lipinski definition) is 4. The minimum absolute atomic E-state index is 0.110. The molecule has 1 N–H and O–H groups in total. The number of aromatic nitrogens is 3. The summed E-state index contributed by atoms with van der Waals surface area (Å²) in [4.78, 5) is 16.3. The van der Waals surface area contributed by atoms with Gasteiger partial charge in [-0.3, -0.25) is 9.48 Å². The number of hydrogen-bond donors (Lipinski definition) is 1. The van der Waals surface area contributed by atoms with Gasteiger partial charge in [0.05, 0.1) is 30.5 Å².